The molecule has 5 N–H and O–H groups in total. The molecule has 0 saturated carbocycles. The Morgan fingerprint density at radius 3 is 2.30 bits per heavy atom. The lowest BCUT2D eigenvalue weighted by atomic mass is 9.95. The van der Waals surface area contributed by atoms with Gasteiger partial charge < -0.3 is 35.4 Å². The van der Waals surface area contributed by atoms with Gasteiger partial charge in [-0.2, -0.15) is 0 Å². The molecule has 4 fully saturated rings. The summed E-state index contributed by atoms with van der Waals surface area (Å²) in [5, 5.41) is 15.1. The predicted molar refractivity (Wildman–Crippen MR) is 230 cm³/mol. The number of nitrogens with zero attached hydrogens (tertiary/aromatic N) is 6. The number of para-hydroxylation sites is 1. The largest absolute Gasteiger partial charge is 0.457 e. The minimum atomic E-state index is -0.589. The predicted octanol–water partition coefficient (Wildman–Crippen LogP) is 5.14. The third-order valence-electron chi connectivity index (χ3n) is 13.1. The first kappa shape index (κ1) is 39.6. The molecule has 9 rings (SSSR count). The van der Waals surface area contributed by atoms with Gasteiger partial charge in [-0.25, -0.2) is 9.97 Å². The second-order valence-electron chi connectivity index (χ2n) is 17.1. The summed E-state index contributed by atoms with van der Waals surface area (Å²) in [5.41, 5.74) is 10.6. The van der Waals surface area contributed by atoms with Crippen molar-refractivity contribution in [3.8, 4) is 11.5 Å². The lowest BCUT2D eigenvalue weighted by molar-refractivity contribution is -0.136. The Morgan fingerprint density at radius 2 is 1.53 bits per heavy atom. The van der Waals surface area contributed by atoms with E-state index in [2.05, 4.69) is 47.4 Å². The number of benzene rings is 3. The number of nitrogens with two attached hydrogens (primary N) is 1. The molecule has 2 atom stereocenters. The molecule has 0 radical (unpaired) electrons. The number of aromatic nitrogens is 2. The zero-order chi connectivity index (χ0) is 41.2. The number of nitrogens with one attached hydrogen (secondary N) is 3. The number of ether oxygens (including phenoxy) is 1. The van der Waals surface area contributed by atoms with Crippen LogP contribution in [0.15, 0.2) is 79.1 Å². The molecule has 4 saturated heterocycles. The molecule has 3 amide bonds. The Hall–Kier alpha value is -5.86. The van der Waals surface area contributed by atoms with Crippen molar-refractivity contribution >= 4 is 40.8 Å². The van der Waals surface area contributed by atoms with Crippen molar-refractivity contribution in [3.05, 3.63) is 101 Å². The van der Waals surface area contributed by atoms with Crippen molar-refractivity contribution in [3.63, 3.8) is 0 Å². The summed E-state index contributed by atoms with van der Waals surface area (Å²) in [6, 6.07) is 22.8. The van der Waals surface area contributed by atoms with E-state index in [1.807, 2.05) is 60.7 Å². The van der Waals surface area contributed by atoms with Crippen LogP contribution < -0.4 is 26.0 Å². The molecule has 1 aromatic heterocycles. The number of imide groups is 1. The zero-order valence-electron chi connectivity index (χ0n) is 34.0. The van der Waals surface area contributed by atoms with Crippen LogP contribution in [0, 0.1) is 17.2 Å². The highest BCUT2D eigenvalue weighted by molar-refractivity contribution is 6.16. The van der Waals surface area contributed by atoms with Crippen LogP contribution in [0.5, 0.6) is 11.5 Å². The Kier molecular flexibility index (Phi) is 11.5. The average molecular weight is 811 g/mol. The number of carbonyl (C=O) groups excluding carboxylic acids is 3. The van der Waals surface area contributed by atoms with Crippen molar-refractivity contribution in [1.29, 1.82) is 5.41 Å². The number of rotatable bonds is 12. The zero-order valence-corrected chi connectivity index (χ0v) is 34.0. The van der Waals surface area contributed by atoms with E-state index in [1.54, 1.807) is 4.90 Å². The van der Waals surface area contributed by atoms with Crippen LogP contribution in [0.1, 0.15) is 72.0 Å². The molecule has 2 unspecified atom stereocenters. The van der Waals surface area contributed by atoms with Gasteiger partial charge in [0.2, 0.25) is 11.8 Å². The van der Waals surface area contributed by atoms with Gasteiger partial charge in [0.05, 0.1) is 11.3 Å². The van der Waals surface area contributed by atoms with Crippen molar-refractivity contribution in [1.82, 2.24) is 30.0 Å². The fourth-order valence-electron chi connectivity index (χ4n) is 9.76. The minimum Gasteiger partial charge on any atom is -0.457 e. The van der Waals surface area contributed by atoms with Gasteiger partial charge in [0, 0.05) is 81.6 Å². The van der Waals surface area contributed by atoms with Gasteiger partial charge in [0.25, 0.3) is 5.91 Å². The number of likely N-dealkylation sites (tertiary alicyclic amines) is 2. The maximum absolute atomic E-state index is 13.2. The number of carbonyl (C=O) groups is 3. The quantitative estimate of drug-likeness (QED) is 0.110. The van der Waals surface area contributed by atoms with Gasteiger partial charge in [0.1, 0.15) is 35.5 Å². The van der Waals surface area contributed by atoms with Gasteiger partial charge in [-0.15, -0.1) is 0 Å². The summed E-state index contributed by atoms with van der Waals surface area (Å²) >= 11 is 0. The number of anilines is 3. The Balaban J connectivity index is 0.708. The summed E-state index contributed by atoms with van der Waals surface area (Å²) in [6.07, 6.45) is 7.63. The van der Waals surface area contributed by atoms with Crippen LogP contribution in [-0.2, 0) is 16.1 Å². The lowest BCUT2D eigenvalue weighted by Gasteiger charge is -2.36. The molecule has 14 heteroatoms. The Labute approximate surface area is 351 Å². The van der Waals surface area contributed by atoms with E-state index in [-0.39, 0.29) is 41.7 Å². The van der Waals surface area contributed by atoms with Crippen LogP contribution in [0.3, 0.4) is 0 Å². The van der Waals surface area contributed by atoms with Crippen LogP contribution in [0.25, 0.3) is 0 Å². The van der Waals surface area contributed by atoms with E-state index in [4.69, 9.17) is 15.9 Å². The van der Waals surface area contributed by atoms with Gasteiger partial charge in [-0.05, 0) is 117 Å². The van der Waals surface area contributed by atoms with E-state index in [0.717, 1.165) is 95.0 Å². The molecule has 312 valence electrons. The summed E-state index contributed by atoms with van der Waals surface area (Å²) in [7, 11) is 0. The standard InChI is InChI=1S/C46H54N10O4/c47-42(32-6-9-37(10-7-32)60-36-4-2-1-3-5-36)41-43(48)49-29-50-44(41)51-34-17-20-53(21-18-34)26-31-14-19-54(27-31)25-30-15-22-55(23-16-30)35-8-11-38-33(24-35)28-56(46(38)59)39-12-13-40(57)52-45(39)58/h1-11,24,29-31,34,39,47H,12-23,25-28H2,(H,52,57,58)(H3,48,49,50,51). The second kappa shape index (κ2) is 17.4. The van der Waals surface area contributed by atoms with E-state index < -0.39 is 6.04 Å². The van der Waals surface area contributed by atoms with Crippen molar-refractivity contribution in [2.75, 3.05) is 68.3 Å². The number of piperidine rings is 3. The first-order chi connectivity index (χ1) is 29.2. The van der Waals surface area contributed by atoms with Crippen LogP contribution in [-0.4, -0.2) is 113 Å². The van der Waals surface area contributed by atoms with Crippen LogP contribution >= 0.6 is 0 Å². The number of hydrogen-bond donors (Lipinski definition) is 4. The normalized spacial score (nSPS) is 21.9. The smallest absolute Gasteiger partial charge is 0.255 e. The number of nitrogen functional groups attached to an aromatic ring is 1. The van der Waals surface area contributed by atoms with Gasteiger partial charge in [0.15, 0.2) is 0 Å². The topological polar surface area (TPSA) is 173 Å². The van der Waals surface area contributed by atoms with Crippen molar-refractivity contribution in [2.24, 2.45) is 11.8 Å². The van der Waals surface area contributed by atoms with Crippen molar-refractivity contribution < 1.29 is 19.1 Å². The molecule has 3 aromatic carbocycles. The van der Waals surface area contributed by atoms with E-state index in [0.29, 0.717) is 53.1 Å². The Bertz CT molecular complexity index is 2220. The van der Waals surface area contributed by atoms with E-state index >= 15 is 0 Å². The third-order valence-corrected chi connectivity index (χ3v) is 13.1. The molecular formula is C46H54N10O4. The monoisotopic (exact) mass is 810 g/mol. The molecule has 0 bridgehead atoms. The van der Waals surface area contributed by atoms with Gasteiger partial charge in [-0.3, -0.25) is 25.1 Å². The molecule has 5 aliphatic rings. The summed E-state index contributed by atoms with van der Waals surface area (Å²) < 4.78 is 5.94. The lowest BCUT2D eigenvalue weighted by Crippen LogP contribution is -2.52. The molecular weight excluding hydrogens is 757 g/mol. The fourth-order valence-corrected chi connectivity index (χ4v) is 9.76. The Morgan fingerprint density at radius 1 is 0.817 bits per heavy atom. The second-order valence-corrected chi connectivity index (χ2v) is 17.1. The molecule has 5 aliphatic heterocycles. The molecule has 6 heterocycles. The van der Waals surface area contributed by atoms with Crippen molar-refractivity contribution in [2.45, 2.75) is 63.6 Å². The summed E-state index contributed by atoms with van der Waals surface area (Å²) in [6.45, 7) is 9.05. The first-order valence-electron chi connectivity index (χ1n) is 21.5. The fraction of sp³-hybridized carbons (Fsp3) is 0.435. The van der Waals surface area contributed by atoms with Gasteiger partial charge >= 0.3 is 0 Å². The first-order valence-corrected chi connectivity index (χ1v) is 21.5. The number of fused-ring (bicyclic) bond motifs is 1. The van der Waals surface area contributed by atoms with Crippen LogP contribution in [0.2, 0.25) is 0 Å². The highest BCUT2D eigenvalue weighted by atomic mass is 16.5. The molecule has 0 aliphatic carbocycles. The number of amides is 3. The van der Waals surface area contributed by atoms with E-state index in [9.17, 15) is 14.4 Å². The SMILES string of the molecule is N=C(c1ccc(Oc2ccccc2)cc1)c1c(N)ncnc1NC1CCN(CC2CCN(CC3CCN(c4ccc5c(c4)CN(C4CCC(=O)NC4=O)C5=O)CC3)C2)CC1. The minimum absolute atomic E-state index is 0.124. The number of hydrogen-bond acceptors (Lipinski definition) is 12. The molecule has 60 heavy (non-hydrogen) atoms. The highest BCUT2D eigenvalue weighted by Crippen LogP contribution is 2.33. The third kappa shape index (κ3) is 8.71. The van der Waals surface area contributed by atoms with E-state index in [1.165, 1.54) is 12.7 Å². The average Bonchev–Trinajstić information content (AvgIpc) is 3.84. The molecule has 14 nitrogen and oxygen atoms in total. The highest BCUT2D eigenvalue weighted by Gasteiger charge is 2.39. The van der Waals surface area contributed by atoms with Gasteiger partial charge in [-0.1, -0.05) is 18.2 Å². The molecule has 4 aromatic rings. The molecule has 0 spiro atoms. The summed E-state index contributed by atoms with van der Waals surface area (Å²) in [5.74, 6) is 2.94. The van der Waals surface area contributed by atoms with Crippen LogP contribution in [0.4, 0.5) is 17.3 Å². The maximum atomic E-state index is 13.2. The summed E-state index contributed by atoms with van der Waals surface area (Å²) in [4.78, 5) is 55.4. The maximum Gasteiger partial charge on any atom is 0.255 e.